The molecule has 0 spiro atoms. The van der Waals surface area contributed by atoms with E-state index < -0.39 is 5.41 Å². The van der Waals surface area contributed by atoms with Gasteiger partial charge in [-0.2, -0.15) is 0 Å². The second-order valence-corrected chi connectivity index (χ2v) is 9.30. The average Bonchev–Trinajstić information content (AvgIpc) is 2.88. The van der Waals surface area contributed by atoms with E-state index in [9.17, 15) is 4.79 Å². The molecule has 0 aliphatic carbocycles. The Morgan fingerprint density at radius 1 is 1.09 bits per heavy atom. The van der Waals surface area contributed by atoms with Crippen LogP contribution in [0.1, 0.15) is 43.2 Å². The van der Waals surface area contributed by atoms with Crippen molar-refractivity contribution in [3.05, 3.63) is 84.4 Å². The van der Waals surface area contributed by atoms with Gasteiger partial charge in [0.05, 0.1) is 5.41 Å². The quantitative estimate of drug-likeness (QED) is 0.549. The third-order valence-electron chi connectivity index (χ3n) is 7.03. The van der Waals surface area contributed by atoms with Crippen LogP contribution in [-0.4, -0.2) is 47.5 Å². The van der Waals surface area contributed by atoms with Crippen LogP contribution in [0.2, 0.25) is 0 Å². The van der Waals surface area contributed by atoms with Crippen molar-refractivity contribution >= 4 is 5.91 Å². The second-order valence-electron chi connectivity index (χ2n) is 9.30. The van der Waals surface area contributed by atoms with Crippen molar-refractivity contribution in [1.29, 1.82) is 0 Å². The van der Waals surface area contributed by atoms with Gasteiger partial charge >= 0.3 is 0 Å². The highest BCUT2D eigenvalue weighted by Crippen LogP contribution is 2.37. The van der Waals surface area contributed by atoms with E-state index in [2.05, 4.69) is 75.6 Å². The summed E-state index contributed by atoms with van der Waals surface area (Å²) in [5.41, 5.74) is 4.22. The highest BCUT2D eigenvalue weighted by Gasteiger charge is 2.42. The first-order chi connectivity index (χ1) is 16.1. The zero-order valence-electron chi connectivity index (χ0n) is 19.7. The molecule has 0 saturated carbocycles. The van der Waals surface area contributed by atoms with Crippen molar-refractivity contribution in [3.8, 4) is 11.1 Å². The molecule has 1 aromatic heterocycles. The van der Waals surface area contributed by atoms with E-state index in [-0.39, 0.29) is 5.91 Å². The zero-order chi connectivity index (χ0) is 23.1. The molecular weight excluding hydrogens is 408 g/mol. The standard InChI is InChI=1S/C28H34N4O/c1-22(23-9-4-3-5-10-23)13-16-32-15-8-14-28(20-32,27(33)29-2)17-24-11-6-7-12-26(24)25-18-30-21-31-19-25/h3-7,9-12,18-19,21-22H,8,13-17,20H2,1-2H3,(H,29,33)/t22-,28+/m1/s1. The van der Waals surface area contributed by atoms with E-state index in [1.165, 1.54) is 11.1 Å². The van der Waals surface area contributed by atoms with Gasteiger partial charge in [-0.15, -0.1) is 0 Å². The molecule has 4 rings (SSSR count). The van der Waals surface area contributed by atoms with Gasteiger partial charge in [-0.25, -0.2) is 9.97 Å². The van der Waals surface area contributed by atoms with Crippen LogP contribution in [0.5, 0.6) is 0 Å². The van der Waals surface area contributed by atoms with Gasteiger partial charge in [-0.05, 0) is 61.4 Å². The Labute approximate surface area is 197 Å². The first-order valence-corrected chi connectivity index (χ1v) is 11.9. The molecule has 172 valence electrons. The Morgan fingerprint density at radius 3 is 2.58 bits per heavy atom. The summed E-state index contributed by atoms with van der Waals surface area (Å²) in [6.45, 7) is 5.13. The van der Waals surface area contributed by atoms with E-state index in [1.807, 2.05) is 18.5 Å². The number of rotatable bonds is 8. The number of hydrogen-bond donors (Lipinski definition) is 1. The molecule has 1 fully saturated rings. The molecule has 5 nitrogen and oxygen atoms in total. The van der Waals surface area contributed by atoms with Gasteiger partial charge in [0.1, 0.15) is 6.33 Å². The number of carbonyl (C=O) groups is 1. The van der Waals surface area contributed by atoms with Gasteiger partial charge < -0.3 is 10.2 Å². The molecule has 1 amide bonds. The smallest absolute Gasteiger partial charge is 0.227 e. The minimum Gasteiger partial charge on any atom is -0.359 e. The molecule has 2 heterocycles. The first kappa shape index (κ1) is 23.1. The number of likely N-dealkylation sites (tertiary alicyclic amines) is 1. The molecule has 1 aliphatic rings. The third kappa shape index (κ3) is 5.48. The Balaban J connectivity index is 1.53. The summed E-state index contributed by atoms with van der Waals surface area (Å²) < 4.78 is 0. The fourth-order valence-electron chi connectivity index (χ4n) is 5.18. The summed E-state index contributed by atoms with van der Waals surface area (Å²) in [4.78, 5) is 24.2. The summed E-state index contributed by atoms with van der Waals surface area (Å²) in [5.74, 6) is 0.642. The average molecular weight is 443 g/mol. The van der Waals surface area contributed by atoms with Gasteiger partial charge in [0.15, 0.2) is 0 Å². The number of piperidine rings is 1. The lowest BCUT2D eigenvalue weighted by molar-refractivity contribution is -0.134. The zero-order valence-corrected chi connectivity index (χ0v) is 19.7. The van der Waals surface area contributed by atoms with Crippen molar-refractivity contribution < 1.29 is 4.79 Å². The van der Waals surface area contributed by atoms with Crippen LogP contribution in [0.15, 0.2) is 73.3 Å². The van der Waals surface area contributed by atoms with Crippen LogP contribution in [-0.2, 0) is 11.2 Å². The van der Waals surface area contributed by atoms with Crippen molar-refractivity contribution in [2.24, 2.45) is 5.41 Å². The SMILES string of the molecule is CNC(=O)[C@]1(Cc2ccccc2-c2cncnc2)CCCN(CC[C@@H](C)c2ccccc2)C1. The van der Waals surface area contributed by atoms with E-state index in [1.54, 1.807) is 13.4 Å². The third-order valence-corrected chi connectivity index (χ3v) is 7.03. The van der Waals surface area contributed by atoms with Gasteiger partial charge in [-0.3, -0.25) is 4.79 Å². The Hall–Kier alpha value is -3.05. The number of benzene rings is 2. The minimum atomic E-state index is -0.436. The lowest BCUT2D eigenvalue weighted by Crippen LogP contribution is -2.52. The molecule has 1 saturated heterocycles. The molecule has 5 heteroatoms. The van der Waals surface area contributed by atoms with E-state index in [0.717, 1.165) is 50.0 Å². The maximum Gasteiger partial charge on any atom is 0.227 e. The van der Waals surface area contributed by atoms with Gasteiger partial charge in [0.2, 0.25) is 5.91 Å². The number of nitrogens with one attached hydrogen (secondary N) is 1. The second kappa shape index (κ2) is 10.7. The monoisotopic (exact) mass is 442 g/mol. The number of aromatic nitrogens is 2. The Morgan fingerprint density at radius 2 is 1.82 bits per heavy atom. The predicted molar refractivity (Wildman–Crippen MR) is 133 cm³/mol. The molecular formula is C28H34N4O. The van der Waals surface area contributed by atoms with Crippen LogP contribution in [0.4, 0.5) is 0 Å². The normalized spacial score (nSPS) is 19.7. The number of nitrogens with zero attached hydrogens (tertiary/aromatic N) is 3. The van der Waals surface area contributed by atoms with Crippen LogP contribution < -0.4 is 5.32 Å². The summed E-state index contributed by atoms with van der Waals surface area (Å²) in [5, 5.41) is 2.98. The highest BCUT2D eigenvalue weighted by molar-refractivity contribution is 5.83. The molecule has 2 atom stereocenters. The predicted octanol–water partition coefficient (Wildman–Crippen LogP) is 4.71. The molecule has 0 unspecified atom stereocenters. The van der Waals surface area contributed by atoms with Gasteiger partial charge in [0.25, 0.3) is 0 Å². The molecule has 3 aromatic rings. The summed E-state index contributed by atoms with van der Waals surface area (Å²) in [7, 11) is 1.76. The largest absolute Gasteiger partial charge is 0.359 e. The van der Waals surface area contributed by atoms with E-state index >= 15 is 0 Å². The Kier molecular flexibility index (Phi) is 7.50. The maximum absolute atomic E-state index is 13.3. The number of hydrogen-bond acceptors (Lipinski definition) is 4. The van der Waals surface area contributed by atoms with E-state index in [4.69, 9.17) is 0 Å². The van der Waals surface area contributed by atoms with Crippen molar-refractivity contribution in [2.45, 2.75) is 38.5 Å². The topological polar surface area (TPSA) is 58.1 Å². The fraction of sp³-hybridized carbons (Fsp3) is 0.393. The molecule has 2 aromatic carbocycles. The van der Waals surface area contributed by atoms with Crippen molar-refractivity contribution in [3.63, 3.8) is 0 Å². The summed E-state index contributed by atoms with van der Waals surface area (Å²) in [6.07, 6.45) is 8.97. The van der Waals surface area contributed by atoms with Crippen LogP contribution in [0.25, 0.3) is 11.1 Å². The van der Waals surface area contributed by atoms with Crippen LogP contribution in [0.3, 0.4) is 0 Å². The first-order valence-electron chi connectivity index (χ1n) is 11.9. The van der Waals surface area contributed by atoms with Crippen molar-refractivity contribution in [1.82, 2.24) is 20.2 Å². The summed E-state index contributed by atoms with van der Waals surface area (Å²) in [6, 6.07) is 19.0. The Bertz CT molecular complexity index is 1040. The number of amides is 1. The van der Waals surface area contributed by atoms with Gasteiger partial charge in [0, 0.05) is 31.5 Å². The van der Waals surface area contributed by atoms with Crippen LogP contribution in [0, 0.1) is 5.41 Å². The highest BCUT2D eigenvalue weighted by atomic mass is 16.2. The maximum atomic E-state index is 13.3. The van der Waals surface area contributed by atoms with Crippen molar-refractivity contribution in [2.75, 3.05) is 26.7 Å². The molecule has 1 N–H and O–H groups in total. The minimum absolute atomic E-state index is 0.141. The summed E-state index contributed by atoms with van der Waals surface area (Å²) >= 11 is 0. The molecule has 33 heavy (non-hydrogen) atoms. The fourth-order valence-corrected chi connectivity index (χ4v) is 5.18. The van der Waals surface area contributed by atoms with E-state index in [0.29, 0.717) is 12.3 Å². The number of carbonyl (C=O) groups excluding carboxylic acids is 1. The lowest BCUT2D eigenvalue weighted by atomic mass is 9.73. The molecule has 1 aliphatic heterocycles. The van der Waals surface area contributed by atoms with Gasteiger partial charge in [-0.1, -0.05) is 61.5 Å². The molecule has 0 radical (unpaired) electrons. The van der Waals surface area contributed by atoms with Crippen LogP contribution >= 0.6 is 0 Å². The molecule has 0 bridgehead atoms. The lowest BCUT2D eigenvalue weighted by Gasteiger charge is -2.42.